The number of hydrogen-bond acceptors (Lipinski definition) is 2. The van der Waals surface area contributed by atoms with Crippen molar-refractivity contribution in [2.24, 2.45) is 0 Å². The highest BCUT2D eigenvalue weighted by molar-refractivity contribution is 6.31. The van der Waals surface area contributed by atoms with Crippen molar-refractivity contribution in [2.75, 3.05) is 0 Å². The highest BCUT2D eigenvalue weighted by atomic mass is 35.5. The highest BCUT2D eigenvalue weighted by Gasteiger charge is 2.11. The average Bonchev–Trinajstić information content (AvgIpc) is 2.18. The summed E-state index contributed by atoms with van der Waals surface area (Å²) in [6.07, 6.45) is 0. The first-order valence-electron chi connectivity index (χ1n) is 4.02. The van der Waals surface area contributed by atoms with Crippen molar-refractivity contribution >= 4 is 23.4 Å². The summed E-state index contributed by atoms with van der Waals surface area (Å²) < 4.78 is 13.1. The number of benzene rings is 1. The summed E-state index contributed by atoms with van der Waals surface area (Å²) >= 11 is 5.59. The van der Waals surface area contributed by atoms with Crippen molar-refractivity contribution < 1.29 is 14.0 Å². The number of hydrazine groups is 1. The van der Waals surface area contributed by atoms with E-state index in [0.29, 0.717) is 0 Å². The molecule has 80 valence electrons. The molecule has 1 aromatic rings. The first-order valence-corrected chi connectivity index (χ1v) is 4.40. The zero-order chi connectivity index (χ0) is 11.4. The predicted octanol–water partition coefficient (Wildman–Crippen LogP) is 1.26. The second-order valence-electron chi connectivity index (χ2n) is 2.76. The molecule has 0 fully saturated rings. The lowest BCUT2D eigenvalue weighted by Gasteiger charge is -2.05. The molecule has 0 saturated carbocycles. The monoisotopic (exact) mass is 230 g/mol. The maximum atomic E-state index is 13.1. The number of carbonyl (C=O) groups excluding carboxylic acids is 2. The molecule has 0 radical (unpaired) electrons. The molecular formula is C9H8ClFN2O2. The molecule has 0 aliphatic heterocycles. The van der Waals surface area contributed by atoms with Gasteiger partial charge in [0.2, 0.25) is 5.91 Å². The zero-order valence-electron chi connectivity index (χ0n) is 7.80. The van der Waals surface area contributed by atoms with Gasteiger partial charge in [-0.05, 0) is 18.2 Å². The molecule has 1 aromatic carbocycles. The standard InChI is InChI=1S/C9H8ClFN2O2/c1-5(14)12-13-9(15)7-4-6(10)2-3-8(7)11/h2-4H,1H3,(H,12,14)(H,13,15). The molecular weight excluding hydrogens is 223 g/mol. The van der Waals surface area contributed by atoms with Gasteiger partial charge in [-0.1, -0.05) is 11.6 Å². The van der Waals surface area contributed by atoms with Gasteiger partial charge in [-0.15, -0.1) is 0 Å². The molecule has 0 heterocycles. The van der Waals surface area contributed by atoms with Crippen LogP contribution in [0.5, 0.6) is 0 Å². The lowest BCUT2D eigenvalue weighted by atomic mass is 10.2. The van der Waals surface area contributed by atoms with E-state index in [4.69, 9.17) is 11.6 Å². The van der Waals surface area contributed by atoms with Crippen LogP contribution in [0.1, 0.15) is 17.3 Å². The minimum atomic E-state index is -0.759. The Morgan fingerprint density at radius 2 is 2.00 bits per heavy atom. The Morgan fingerprint density at radius 1 is 1.33 bits per heavy atom. The van der Waals surface area contributed by atoms with Gasteiger partial charge in [0.25, 0.3) is 5.91 Å². The molecule has 1 rings (SSSR count). The van der Waals surface area contributed by atoms with E-state index in [1.54, 1.807) is 0 Å². The van der Waals surface area contributed by atoms with Crippen molar-refractivity contribution in [2.45, 2.75) is 6.92 Å². The minimum absolute atomic E-state index is 0.226. The summed E-state index contributed by atoms with van der Waals surface area (Å²) in [6.45, 7) is 1.22. The topological polar surface area (TPSA) is 58.2 Å². The van der Waals surface area contributed by atoms with Crippen LogP contribution in [0.25, 0.3) is 0 Å². The Morgan fingerprint density at radius 3 is 2.60 bits per heavy atom. The largest absolute Gasteiger partial charge is 0.274 e. The van der Waals surface area contributed by atoms with Crippen LogP contribution in [0.3, 0.4) is 0 Å². The Hall–Kier alpha value is -1.62. The van der Waals surface area contributed by atoms with Gasteiger partial charge in [0, 0.05) is 11.9 Å². The van der Waals surface area contributed by atoms with Gasteiger partial charge in [0.1, 0.15) is 5.82 Å². The lowest BCUT2D eigenvalue weighted by Crippen LogP contribution is -2.40. The fourth-order valence-electron chi connectivity index (χ4n) is 0.884. The average molecular weight is 231 g/mol. The van der Waals surface area contributed by atoms with Gasteiger partial charge >= 0.3 is 0 Å². The van der Waals surface area contributed by atoms with Crippen LogP contribution in [0, 0.1) is 5.82 Å². The molecule has 2 N–H and O–H groups in total. The number of nitrogens with one attached hydrogen (secondary N) is 2. The van der Waals surface area contributed by atoms with E-state index >= 15 is 0 Å². The minimum Gasteiger partial charge on any atom is -0.274 e. The smallest absolute Gasteiger partial charge is 0.272 e. The van der Waals surface area contributed by atoms with Gasteiger partial charge in [0.05, 0.1) is 5.56 Å². The SMILES string of the molecule is CC(=O)NNC(=O)c1cc(Cl)ccc1F. The van der Waals surface area contributed by atoms with Crippen LogP contribution >= 0.6 is 11.6 Å². The van der Waals surface area contributed by atoms with Crippen LogP contribution in [0.15, 0.2) is 18.2 Å². The van der Waals surface area contributed by atoms with Crippen LogP contribution in [0.4, 0.5) is 4.39 Å². The van der Waals surface area contributed by atoms with Gasteiger partial charge in [-0.2, -0.15) is 0 Å². The second-order valence-corrected chi connectivity index (χ2v) is 3.20. The third-order valence-corrected chi connectivity index (χ3v) is 1.76. The summed E-state index contributed by atoms with van der Waals surface area (Å²) in [5.74, 6) is -1.92. The van der Waals surface area contributed by atoms with Crippen molar-refractivity contribution in [1.29, 1.82) is 0 Å². The summed E-state index contributed by atoms with van der Waals surface area (Å²) in [4.78, 5) is 21.8. The van der Waals surface area contributed by atoms with Gasteiger partial charge in [0.15, 0.2) is 0 Å². The Balaban J connectivity index is 2.81. The van der Waals surface area contributed by atoms with E-state index in [1.165, 1.54) is 19.1 Å². The number of amides is 2. The third-order valence-electron chi connectivity index (χ3n) is 1.53. The molecule has 0 spiro atoms. The van der Waals surface area contributed by atoms with E-state index in [-0.39, 0.29) is 10.6 Å². The number of halogens is 2. The molecule has 0 saturated heterocycles. The normalized spacial score (nSPS) is 9.53. The summed E-state index contributed by atoms with van der Waals surface area (Å²) in [5, 5.41) is 0.240. The second kappa shape index (κ2) is 4.75. The van der Waals surface area contributed by atoms with Gasteiger partial charge in [-0.25, -0.2) is 4.39 Å². The third kappa shape index (κ3) is 3.21. The van der Waals surface area contributed by atoms with E-state index in [9.17, 15) is 14.0 Å². The van der Waals surface area contributed by atoms with Crippen LogP contribution in [0.2, 0.25) is 5.02 Å². The van der Waals surface area contributed by atoms with E-state index in [1.807, 2.05) is 10.9 Å². The van der Waals surface area contributed by atoms with Crippen LogP contribution < -0.4 is 10.9 Å². The zero-order valence-corrected chi connectivity index (χ0v) is 8.56. The van der Waals surface area contributed by atoms with Crippen LogP contribution in [-0.4, -0.2) is 11.8 Å². The summed E-state index contributed by atoms with van der Waals surface area (Å²) in [7, 11) is 0. The van der Waals surface area contributed by atoms with Crippen LogP contribution in [-0.2, 0) is 4.79 Å². The number of carbonyl (C=O) groups is 2. The summed E-state index contributed by atoms with van der Waals surface area (Å²) in [5.41, 5.74) is 3.85. The first kappa shape index (κ1) is 11.5. The molecule has 2 amide bonds. The molecule has 0 atom stereocenters. The predicted molar refractivity (Wildman–Crippen MR) is 52.7 cm³/mol. The van der Waals surface area contributed by atoms with Gasteiger partial charge in [-0.3, -0.25) is 20.4 Å². The molecule has 0 bridgehead atoms. The first-order chi connectivity index (χ1) is 7.00. The van der Waals surface area contributed by atoms with Crippen molar-refractivity contribution in [1.82, 2.24) is 10.9 Å². The van der Waals surface area contributed by atoms with Crippen molar-refractivity contribution in [3.63, 3.8) is 0 Å². The lowest BCUT2D eigenvalue weighted by molar-refractivity contribution is -0.119. The molecule has 6 heteroatoms. The Bertz CT molecular complexity index is 409. The highest BCUT2D eigenvalue weighted by Crippen LogP contribution is 2.14. The Labute approximate surface area is 90.4 Å². The number of hydrogen-bond donors (Lipinski definition) is 2. The molecule has 15 heavy (non-hydrogen) atoms. The Kier molecular flexibility index (Phi) is 3.62. The molecule has 0 aliphatic rings. The van der Waals surface area contributed by atoms with Crippen molar-refractivity contribution in [3.8, 4) is 0 Å². The van der Waals surface area contributed by atoms with E-state index in [2.05, 4.69) is 0 Å². The quantitative estimate of drug-likeness (QED) is 0.714. The molecule has 0 aliphatic carbocycles. The fourth-order valence-corrected chi connectivity index (χ4v) is 1.06. The molecule has 0 aromatic heterocycles. The fraction of sp³-hybridized carbons (Fsp3) is 0.111. The maximum absolute atomic E-state index is 13.1. The van der Waals surface area contributed by atoms with E-state index in [0.717, 1.165) is 6.07 Å². The van der Waals surface area contributed by atoms with E-state index < -0.39 is 17.6 Å². The molecule has 0 unspecified atom stereocenters. The number of rotatable bonds is 1. The maximum Gasteiger partial charge on any atom is 0.272 e. The molecule has 4 nitrogen and oxygen atoms in total. The van der Waals surface area contributed by atoms with Gasteiger partial charge < -0.3 is 0 Å². The van der Waals surface area contributed by atoms with Crippen molar-refractivity contribution in [3.05, 3.63) is 34.6 Å². The summed E-state index contributed by atoms with van der Waals surface area (Å²) in [6, 6.07) is 3.57.